The molecule has 104 valence electrons. The fourth-order valence-corrected chi connectivity index (χ4v) is 4.56. The predicted molar refractivity (Wildman–Crippen MR) is 88.1 cm³/mol. The van der Waals surface area contributed by atoms with E-state index >= 15 is 0 Å². The largest absolute Gasteiger partial charge is 0.365 e. The van der Waals surface area contributed by atoms with E-state index in [1.165, 1.54) is 33.8 Å². The maximum Gasteiger partial charge on any atom is 0.0451 e. The summed E-state index contributed by atoms with van der Waals surface area (Å²) in [6.45, 7) is 0. The second-order valence-electron chi connectivity index (χ2n) is 6.14. The standard InChI is InChI=1S/C17H19BrN2/c18-16-7-8-17(15-4-2-1-3-14(15)16)20-12-5-6-13(20)10-11(19)9-12/h1-4,7-8,11-13H,5-6,9-10,19H2. The topological polar surface area (TPSA) is 29.3 Å². The van der Waals surface area contributed by atoms with Gasteiger partial charge in [0.15, 0.2) is 0 Å². The van der Waals surface area contributed by atoms with Gasteiger partial charge in [-0.05, 0) is 43.2 Å². The summed E-state index contributed by atoms with van der Waals surface area (Å²) in [5.74, 6) is 0. The number of rotatable bonds is 1. The first kappa shape index (κ1) is 12.7. The second kappa shape index (κ2) is 4.74. The van der Waals surface area contributed by atoms with Crippen molar-refractivity contribution in [1.82, 2.24) is 0 Å². The van der Waals surface area contributed by atoms with Crippen molar-refractivity contribution in [3.8, 4) is 0 Å². The molecule has 2 atom stereocenters. The highest BCUT2D eigenvalue weighted by Gasteiger charge is 2.40. The Hall–Kier alpha value is -1.06. The molecule has 0 aliphatic carbocycles. The second-order valence-corrected chi connectivity index (χ2v) is 6.99. The molecule has 4 rings (SSSR count). The molecule has 2 aromatic rings. The minimum absolute atomic E-state index is 0.394. The highest BCUT2D eigenvalue weighted by atomic mass is 79.9. The molecule has 2 aliphatic rings. The SMILES string of the molecule is NC1CC2CCC(C1)N2c1ccc(Br)c2ccccc12. The first-order valence-corrected chi connectivity index (χ1v) is 8.24. The van der Waals surface area contributed by atoms with Gasteiger partial charge in [-0.25, -0.2) is 0 Å². The molecule has 2 saturated heterocycles. The molecule has 3 heteroatoms. The molecule has 2 bridgehead atoms. The third-order valence-corrected chi connectivity index (χ3v) is 5.59. The van der Waals surface area contributed by atoms with Crippen LogP contribution in [-0.2, 0) is 0 Å². The van der Waals surface area contributed by atoms with Crippen molar-refractivity contribution in [2.75, 3.05) is 4.90 Å². The maximum atomic E-state index is 6.20. The lowest BCUT2D eigenvalue weighted by Gasteiger charge is -2.40. The van der Waals surface area contributed by atoms with Crippen LogP contribution in [0.25, 0.3) is 10.8 Å². The number of piperidine rings is 1. The van der Waals surface area contributed by atoms with Crippen molar-refractivity contribution in [3.63, 3.8) is 0 Å². The van der Waals surface area contributed by atoms with Gasteiger partial charge in [-0.2, -0.15) is 0 Å². The Morgan fingerprint density at radius 1 is 0.950 bits per heavy atom. The number of fused-ring (bicyclic) bond motifs is 3. The van der Waals surface area contributed by atoms with E-state index in [-0.39, 0.29) is 0 Å². The lowest BCUT2D eigenvalue weighted by molar-refractivity contribution is 0.415. The average molecular weight is 331 g/mol. The van der Waals surface area contributed by atoms with E-state index in [1.807, 2.05) is 0 Å². The lowest BCUT2D eigenvalue weighted by atomic mass is 9.96. The van der Waals surface area contributed by atoms with Crippen LogP contribution < -0.4 is 10.6 Å². The van der Waals surface area contributed by atoms with Gasteiger partial charge in [0.05, 0.1) is 0 Å². The van der Waals surface area contributed by atoms with Gasteiger partial charge in [0.1, 0.15) is 0 Å². The van der Waals surface area contributed by atoms with Crippen LogP contribution >= 0.6 is 15.9 Å². The Morgan fingerprint density at radius 2 is 1.60 bits per heavy atom. The monoisotopic (exact) mass is 330 g/mol. The average Bonchev–Trinajstić information content (AvgIpc) is 2.72. The first-order valence-electron chi connectivity index (χ1n) is 7.45. The van der Waals surface area contributed by atoms with Crippen LogP contribution in [0.1, 0.15) is 25.7 Å². The molecule has 2 unspecified atom stereocenters. The van der Waals surface area contributed by atoms with E-state index in [9.17, 15) is 0 Å². The van der Waals surface area contributed by atoms with Gasteiger partial charge in [-0.15, -0.1) is 0 Å². The normalized spacial score (nSPS) is 29.1. The summed E-state index contributed by atoms with van der Waals surface area (Å²) in [5, 5.41) is 2.66. The van der Waals surface area contributed by atoms with Crippen LogP contribution in [0.4, 0.5) is 5.69 Å². The van der Waals surface area contributed by atoms with Crippen molar-refractivity contribution in [1.29, 1.82) is 0 Å². The van der Waals surface area contributed by atoms with Gasteiger partial charge >= 0.3 is 0 Å². The fraction of sp³-hybridized carbons (Fsp3) is 0.412. The van der Waals surface area contributed by atoms with Crippen LogP contribution in [0, 0.1) is 0 Å². The summed E-state index contributed by atoms with van der Waals surface area (Å²) < 4.78 is 1.18. The van der Waals surface area contributed by atoms with E-state index in [4.69, 9.17) is 5.73 Å². The molecule has 2 aliphatic heterocycles. The molecular weight excluding hydrogens is 312 g/mol. The van der Waals surface area contributed by atoms with E-state index in [0.29, 0.717) is 18.1 Å². The van der Waals surface area contributed by atoms with E-state index < -0.39 is 0 Å². The van der Waals surface area contributed by atoms with Gasteiger partial charge in [0, 0.05) is 33.7 Å². The number of hydrogen-bond donors (Lipinski definition) is 1. The molecule has 2 N–H and O–H groups in total. The minimum Gasteiger partial charge on any atom is -0.365 e. The van der Waals surface area contributed by atoms with Crippen molar-refractivity contribution >= 4 is 32.4 Å². The number of hydrogen-bond acceptors (Lipinski definition) is 2. The van der Waals surface area contributed by atoms with Gasteiger partial charge in [0.25, 0.3) is 0 Å². The third kappa shape index (κ3) is 1.87. The van der Waals surface area contributed by atoms with Gasteiger partial charge in [-0.1, -0.05) is 40.2 Å². The fourth-order valence-electron chi connectivity index (χ4n) is 4.08. The van der Waals surface area contributed by atoms with Crippen molar-refractivity contribution in [3.05, 3.63) is 40.9 Å². The zero-order chi connectivity index (χ0) is 13.7. The van der Waals surface area contributed by atoms with Gasteiger partial charge in [-0.3, -0.25) is 0 Å². The smallest absolute Gasteiger partial charge is 0.0451 e. The van der Waals surface area contributed by atoms with Crippen molar-refractivity contribution < 1.29 is 0 Å². The Balaban J connectivity index is 1.85. The van der Waals surface area contributed by atoms with Crippen LogP contribution in [0.5, 0.6) is 0 Å². The Kier molecular flexibility index (Phi) is 3.00. The molecule has 0 spiro atoms. The van der Waals surface area contributed by atoms with E-state index in [1.54, 1.807) is 0 Å². The van der Waals surface area contributed by atoms with Gasteiger partial charge in [0.2, 0.25) is 0 Å². The first-order chi connectivity index (χ1) is 9.74. The molecule has 0 aromatic heterocycles. The minimum atomic E-state index is 0.394. The van der Waals surface area contributed by atoms with Crippen molar-refractivity contribution in [2.24, 2.45) is 5.73 Å². The molecule has 20 heavy (non-hydrogen) atoms. The van der Waals surface area contributed by atoms with Crippen LogP contribution in [-0.4, -0.2) is 18.1 Å². The highest BCUT2D eigenvalue weighted by molar-refractivity contribution is 9.10. The van der Waals surface area contributed by atoms with Crippen LogP contribution in [0.15, 0.2) is 40.9 Å². The summed E-state index contributed by atoms with van der Waals surface area (Å²) in [6.07, 6.45) is 4.87. The highest BCUT2D eigenvalue weighted by Crippen LogP contribution is 2.42. The number of anilines is 1. The number of nitrogens with two attached hydrogens (primary N) is 1. The molecule has 2 fully saturated rings. The molecule has 0 radical (unpaired) electrons. The summed E-state index contributed by atoms with van der Waals surface area (Å²) in [6, 6.07) is 14.8. The summed E-state index contributed by atoms with van der Waals surface area (Å²) in [5.41, 5.74) is 7.59. The number of halogens is 1. The Bertz CT molecular complexity index is 640. The summed E-state index contributed by atoms with van der Waals surface area (Å²) >= 11 is 3.67. The zero-order valence-corrected chi connectivity index (χ0v) is 13.0. The predicted octanol–water partition coefficient (Wildman–Crippen LogP) is 4.06. The maximum absolute atomic E-state index is 6.20. The summed E-state index contributed by atoms with van der Waals surface area (Å²) in [4.78, 5) is 2.65. The zero-order valence-electron chi connectivity index (χ0n) is 11.4. The lowest BCUT2D eigenvalue weighted by Crippen LogP contribution is -2.47. The summed E-state index contributed by atoms with van der Waals surface area (Å²) in [7, 11) is 0. The van der Waals surface area contributed by atoms with E-state index in [0.717, 1.165) is 12.8 Å². The Labute approximate surface area is 128 Å². The Morgan fingerprint density at radius 3 is 2.30 bits per heavy atom. The van der Waals surface area contributed by atoms with E-state index in [2.05, 4.69) is 57.2 Å². The molecule has 2 aromatic carbocycles. The molecule has 0 saturated carbocycles. The van der Waals surface area contributed by atoms with Crippen LogP contribution in [0.3, 0.4) is 0 Å². The quantitative estimate of drug-likeness (QED) is 0.854. The molecule has 2 heterocycles. The van der Waals surface area contributed by atoms with Gasteiger partial charge < -0.3 is 10.6 Å². The number of benzene rings is 2. The van der Waals surface area contributed by atoms with Crippen LogP contribution in [0.2, 0.25) is 0 Å². The van der Waals surface area contributed by atoms with Crippen molar-refractivity contribution in [2.45, 2.75) is 43.8 Å². The third-order valence-electron chi connectivity index (χ3n) is 4.90. The molecular formula is C17H19BrN2. The molecule has 2 nitrogen and oxygen atoms in total. The molecule has 0 amide bonds. The number of nitrogens with zero attached hydrogens (tertiary/aromatic N) is 1.